The molecular weight excluding hydrogens is 548 g/mol. The first kappa shape index (κ1) is 25.8. The Labute approximate surface area is 236 Å². The number of rotatable bonds is 6. The van der Waals surface area contributed by atoms with Crippen molar-refractivity contribution in [2.45, 2.75) is 17.4 Å². The molecule has 40 heavy (non-hydrogen) atoms. The van der Waals surface area contributed by atoms with Crippen molar-refractivity contribution in [3.63, 3.8) is 0 Å². The number of likely N-dealkylation sites (tertiary alicyclic amines) is 1. The summed E-state index contributed by atoms with van der Waals surface area (Å²) in [6, 6.07) is 22.3. The molecule has 0 unspecified atom stereocenters. The van der Waals surface area contributed by atoms with Crippen LogP contribution < -0.4 is 11.1 Å². The Bertz CT molecular complexity index is 1820. The first-order valence-corrected chi connectivity index (χ1v) is 14.5. The highest BCUT2D eigenvalue weighted by Crippen LogP contribution is 2.36. The number of nitrogen functional groups attached to an aromatic ring is 1. The Hall–Kier alpha value is -4.41. The summed E-state index contributed by atoms with van der Waals surface area (Å²) in [7, 11) is -3.86. The molecule has 5 aromatic rings. The van der Waals surface area contributed by atoms with Crippen LogP contribution in [0.15, 0.2) is 96.2 Å². The van der Waals surface area contributed by atoms with Gasteiger partial charge in [0.2, 0.25) is 5.95 Å². The van der Waals surface area contributed by atoms with E-state index in [1.54, 1.807) is 77.8 Å². The maximum absolute atomic E-state index is 13.5. The minimum atomic E-state index is -3.86. The molecule has 2 aromatic heterocycles. The van der Waals surface area contributed by atoms with Crippen molar-refractivity contribution in [2.75, 3.05) is 24.1 Å². The summed E-state index contributed by atoms with van der Waals surface area (Å²) in [4.78, 5) is 23.9. The van der Waals surface area contributed by atoms with Crippen molar-refractivity contribution in [1.82, 2.24) is 18.8 Å². The zero-order valence-corrected chi connectivity index (χ0v) is 22.8. The van der Waals surface area contributed by atoms with E-state index in [9.17, 15) is 13.2 Å². The molecule has 3 heterocycles. The van der Waals surface area contributed by atoms with Gasteiger partial charge in [0.05, 0.1) is 27.3 Å². The third kappa shape index (κ3) is 4.76. The molecule has 1 aliphatic heterocycles. The van der Waals surface area contributed by atoms with E-state index in [2.05, 4.69) is 15.3 Å². The number of hydrogen-bond donors (Lipinski definition) is 2. The predicted octanol–water partition coefficient (Wildman–Crippen LogP) is 4.90. The quantitative estimate of drug-likeness (QED) is 0.277. The number of nitrogens with one attached hydrogen (secondary N) is 1. The number of amides is 1. The van der Waals surface area contributed by atoms with E-state index in [0.29, 0.717) is 52.4 Å². The maximum atomic E-state index is 13.5. The molecule has 0 bridgehead atoms. The van der Waals surface area contributed by atoms with Crippen molar-refractivity contribution >= 4 is 50.1 Å². The molecule has 3 aromatic carbocycles. The van der Waals surface area contributed by atoms with Gasteiger partial charge in [0.25, 0.3) is 15.9 Å². The molecule has 1 saturated heterocycles. The Balaban J connectivity index is 1.29. The molecule has 0 spiro atoms. The van der Waals surface area contributed by atoms with Crippen molar-refractivity contribution in [1.29, 1.82) is 0 Å². The number of hydrogen-bond acceptors (Lipinski definition) is 7. The third-order valence-electron chi connectivity index (χ3n) is 6.94. The second kappa shape index (κ2) is 10.3. The largest absolute Gasteiger partial charge is 0.399 e. The highest BCUT2D eigenvalue weighted by Gasteiger charge is 2.28. The lowest BCUT2D eigenvalue weighted by atomic mass is 10.1. The van der Waals surface area contributed by atoms with E-state index < -0.39 is 10.0 Å². The number of carbonyl (C=O) groups is 1. The maximum Gasteiger partial charge on any atom is 0.268 e. The van der Waals surface area contributed by atoms with Gasteiger partial charge >= 0.3 is 0 Å². The van der Waals surface area contributed by atoms with Gasteiger partial charge in [-0.15, -0.1) is 0 Å². The average Bonchev–Trinajstić information content (AvgIpc) is 3.60. The molecule has 9 nitrogen and oxygen atoms in total. The number of benzene rings is 3. The number of halogens is 1. The van der Waals surface area contributed by atoms with Gasteiger partial charge in [-0.2, -0.15) is 0 Å². The smallest absolute Gasteiger partial charge is 0.268 e. The molecular formula is C29H25ClN6O3S. The van der Waals surface area contributed by atoms with Crippen molar-refractivity contribution in [3.05, 3.63) is 102 Å². The van der Waals surface area contributed by atoms with Gasteiger partial charge < -0.3 is 16.0 Å². The number of anilines is 2. The van der Waals surface area contributed by atoms with Crippen LogP contribution in [-0.2, 0) is 10.0 Å². The lowest BCUT2D eigenvalue weighted by molar-refractivity contribution is 0.0791. The fourth-order valence-electron chi connectivity index (χ4n) is 4.92. The monoisotopic (exact) mass is 572 g/mol. The van der Waals surface area contributed by atoms with Crippen LogP contribution in [0.5, 0.6) is 0 Å². The zero-order chi connectivity index (χ0) is 27.9. The van der Waals surface area contributed by atoms with E-state index in [4.69, 9.17) is 17.3 Å². The highest BCUT2D eigenvalue weighted by atomic mass is 35.5. The standard InChI is InChI=1S/C29H25ClN6O3S/c30-25-16-32-29(33-21-14-15-35(17-21)28(37)19-10-12-20(31)13-11-19)34-27(25)24-18-36(26-9-5-4-8-23(24)26)40(38,39)22-6-2-1-3-7-22/h1-13,16,18,21H,14-15,17,31H2,(H,32,33,34)/t21-/m1/s1. The van der Waals surface area contributed by atoms with Crippen LogP contribution in [0.2, 0.25) is 5.02 Å². The Morgan fingerprint density at radius 1 is 1.00 bits per heavy atom. The average molecular weight is 573 g/mol. The summed E-state index contributed by atoms with van der Waals surface area (Å²) in [6.45, 7) is 1.07. The Kier molecular flexibility index (Phi) is 6.65. The van der Waals surface area contributed by atoms with Gasteiger partial charge in [-0.3, -0.25) is 4.79 Å². The van der Waals surface area contributed by atoms with Gasteiger partial charge in [0, 0.05) is 47.5 Å². The van der Waals surface area contributed by atoms with E-state index >= 15 is 0 Å². The van der Waals surface area contributed by atoms with Crippen LogP contribution >= 0.6 is 11.6 Å². The number of nitrogens with zero attached hydrogens (tertiary/aromatic N) is 4. The van der Waals surface area contributed by atoms with Crippen LogP contribution in [0.4, 0.5) is 11.6 Å². The van der Waals surface area contributed by atoms with Crippen molar-refractivity contribution in [2.24, 2.45) is 0 Å². The third-order valence-corrected chi connectivity index (χ3v) is 8.91. The number of aromatic nitrogens is 3. The van der Waals surface area contributed by atoms with Gasteiger partial charge in [0.1, 0.15) is 0 Å². The van der Waals surface area contributed by atoms with Gasteiger partial charge in [0.15, 0.2) is 0 Å². The number of nitrogens with two attached hydrogens (primary N) is 1. The molecule has 0 radical (unpaired) electrons. The zero-order valence-electron chi connectivity index (χ0n) is 21.2. The van der Waals surface area contributed by atoms with Crippen LogP contribution in [-0.4, -0.2) is 52.3 Å². The summed E-state index contributed by atoms with van der Waals surface area (Å²) in [5.41, 5.74) is 8.42. The summed E-state index contributed by atoms with van der Waals surface area (Å²) in [5.74, 6) is 0.281. The molecule has 202 valence electrons. The molecule has 0 aliphatic carbocycles. The topological polar surface area (TPSA) is 123 Å². The summed E-state index contributed by atoms with van der Waals surface area (Å²) in [5, 5.41) is 4.29. The van der Waals surface area contributed by atoms with Crippen molar-refractivity contribution < 1.29 is 13.2 Å². The summed E-state index contributed by atoms with van der Waals surface area (Å²) in [6.07, 6.45) is 3.76. The second-order valence-electron chi connectivity index (χ2n) is 9.57. The Morgan fingerprint density at radius 2 is 1.73 bits per heavy atom. The minimum Gasteiger partial charge on any atom is -0.399 e. The summed E-state index contributed by atoms with van der Waals surface area (Å²) < 4.78 is 28.3. The van der Waals surface area contributed by atoms with E-state index in [0.717, 1.165) is 6.42 Å². The van der Waals surface area contributed by atoms with E-state index in [1.807, 2.05) is 12.1 Å². The highest BCUT2D eigenvalue weighted by molar-refractivity contribution is 7.90. The molecule has 3 N–H and O–H groups in total. The fraction of sp³-hybridized carbons (Fsp3) is 0.138. The van der Waals surface area contributed by atoms with Crippen LogP contribution in [0.1, 0.15) is 16.8 Å². The number of fused-ring (bicyclic) bond motifs is 1. The molecule has 6 rings (SSSR count). The lowest BCUT2D eigenvalue weighted by Crippen LogP contribution is -2.31. The Morgan fingerprint density at radius 3 is 2.50 bits per heavy atom. The van der Waals surface area contributed by atoms with Gasteiger partial charge in [-0.1, -0.05) is 48.0 Å². The van der Waals surface area contributed by atoms with Crippen molar-refractivity contribution in [3.8, 4) is 11.3 Å². The van der Waals surface area contributed by atoms with E-state index in [-0.39, 0.29) is 21.9 Å². The summed E-state index contributed by atoms with van der Waals surface area (Å²) >= 11 is 6.56. The molecule has 1 aliphatic rings. The van der Waals surface area contributed by atoms with Crippen LogP contribution in [0, 0.1) is 0 Å². The first-order valence-electron chi connectivity index (χ1n) is 12.7. The molecule has 11 heteroatoms. The number of para-hydroxylation sites is 1. The lowest BCUT2D eigenvalue weighted by Gasteiger charge is -2.17. The number of carbonyl (C=O) groups excluding carboxylic acids is 1. The molecule has 1 fully saturated rings. The molecule has 1 amide bonds. The van der Waals surface area contributed by atoms with Crippen LogP contribution in [0.25, 0.3) is 22.2 Å². The normalized spacial score (nSPS) is 15.4. The first-order chi connectivity index (χ1) is 19.3. The molecule has 1 atom stereocenters. The van der Waals surface area contributed by atoms with E-state index in [1.165, 1.54) is 10.2 Å². The van der Waals surface area contributed by atoms with Gasteiger partial charge in [-0.05, 0) is 48.9 Å². The van der Waals surface area contributed by atoms with Gasteiger partial charge in [-0.25, -0.2) is 22.4 Å². The molecule has 0 saturated carbocycles. The SMILES string of the molecule is Nc1ccc(C(=O)N2CC[C@@H](Nc3ncc(Cl)c(-c4cn(S(=O)(=O)c5ccccc5)c5ccccc45)n3)C2)cc1. The van der Waals surface area contributed by atoms with Crippen LogP contribution in [0.3, 0.4) is 0 Å². The predicted molar refractivity (Wildman–Crippen MR) is 156 cm³/mol. The second-order valence-corrected chi connectivity index (χ2v) is 11.8. The minimum absolute atomic E-state index is 0.0607. The fourth-order valence-corrected chi connectivity index (χ4v) is 6.51.